The summed E-state index contributed by atoms with van der Waals surface area (Å²) in [4.78, 5) is 0. The molecule has 0 aliphatic rings. The summed E-state index contributed by atoms with van der Waals surface area (Å²) < 4.78 is 43.7. The lowest BCUT2D eigenvalue weighted by Gasteiger charge is -2.08. The van der Waals surface area contributed by atoms with Gasteiger partial charge >= 0.3 is 6.18 Å². The molecule has 0 radical (unpaired) electrons. The van der Waals surface area contributed by atoms with Crippen LogP contribution in [0.2, 0.25) is 0 Å². The maximum absolute atomic E-state index is 12.4. The van der Waals surface area contributed by atoms with Crippen LogP contribution in [-0.2, 0) is 6.18 Å². The van der Waals surface area contributed by atoms with E-state index < -0.39 is 11.7 Å². The molecule has 6 nitrogen and oxygen atoms in total. The second kappa shape index (κ2) is 4.44. The van der Waals surface area contributed by atoms with Crippen molar-refractivity contribution in [3.8, 4) is 11.6 Å². The third kappa shape index (κ3) is 2.37. The number of halogens is 3. The van der Waals surface area contributed by atoms with E-state index in [0.29, 0.717) is 5.65 Å². The number of hydrogen-bond donors (Lipinski definition) is 0. The molecule has 0 spiro atoms. The predicted molar refractivity (Wildman–Crippen MR) is 60.1 cm³/mol. The minimum Gasteiger partial charge on any atom is -0.438 e. The first-order valence-corrected chi connectivity index (χ1v) is 5.43. The number of nitrogens with zero attached hydrogens (tertiary/aromatic N) is 5. The van der Waals surface area contributed by atoms with Gasteiger partial charge in [-0.2, -0.15) is 13.2 Å². The minimum absolute atomic E-state index is 0.171. The van der Waals surface area contributed by atoms with Crippen LogP contribution in [0.5, 0.6) is 11.6 Å². The highest BCUT2D eigenvalue weighted by Crippen LogP contribution is 2.31. The third-order valence-electron chi connectivity index (χ3n) is 2.45. The Balaban J connectivity index is 1.83. The lowest BCUT2D eigenvalue weighted by molar-refractivity contribution is -0.137. The van der Waals surface area contributed by atoms with Crippen molar-refractivity contribution in [1.29, 1.82) is 0 Å². The number of alkyl halides is 3. The van der Waals surface area contributed by atoms with Gasteiger partial charge < -0.3 is 4.74 Å². The zero-order valence-corrected chi connectivity index (χ0v) is 9.74. The van der Waals surface area contributed by atoms with E-state index in [1.807, 2.05) is 0 Å². The van der Waals surface area contributed by atoms with Crippen molar-refractivity contribution in [3.63, 3.8) is 0 Å². The molecule has 0 bridgehead atoms. The second-order valence-electron chi connectivity index (χ2n) is 3.82. The predicted octanol–water partition coefficient (Wildman–Crippen LogP) is 2.33. The van der Waals surface area contributed by atoms with Gasteiger partial charge in [0.15, 0.2) is 5.65 Å². The molecule has 0 unspecified atom stereocenters. The van der Waals surface area contributed by atoms with Crippen LogP contribution < -0.4 is 4.74 Å². The Bertz CT molecular complexity index is 738. The van der Waals surface area contributed by atoms with Gasteiger partial charge in [-0.3, -0.25) is 0 Å². The summed E-state index contributed by atoms with van der Waals surface area (Å²) in [5.74, 6) is 0.405. The summed E-state index contributed by atoms with van der Waals surface area (Å²) >= 11 is 0. The van der Waals surface area contributed by atoms with Crippen molar-refractivity contribution in [1.82, 2.24) is 25.3 Å². The van der Waals surface area contributed by atoms with Gasteiger partial charge in [0.25, 0.3) is 0 Å². The molecule has 9 heteroatoms. The Morgan fingerprint density at radius 1 is 1.00 bits per heavy atom. The molecule has 0 N–H and O–H groups in total. The van der Waals surface area contributed by atoms with Gasteiger partial charge in [-0.25, -0.2) is 0 Å². The van der Waals surface area contributed by atoms with Crippen LogP contribution >= 0.6 is 0 Å². The van der Waals surface area contributed by atoms with Crippen molar-refractivity contribution >= 4 is 5.65 Å². The van der Waals surface area contributed by atoms with Gasteiger partial charge in [0.1, 0.15) is 5.75 Å². The number of aromatic nitrogens is 5. The first-order valence-electron chi connectivity index (χ1n) is 5.43. The van der Waals surface area contributed by atoms with Crippen molar-refractivity contribution in [2.45, 2.75) is 6.18 Å². The molecule has 0 saturated carbocycles. The summed E-state index contributed by atoms with van der Waals surface area (Å²) in [6.07, 6.45) is -4.37. The molecule has 0 amide bonds. The van der Waals surface area contributed by atoms with E-state index in [0.717, 1.165) is 16.8 Å². The van der Waals surface area contributed by atoms with Crippen LogP contribution in [0, 0.1) is 0 Å². The average molecular weight is 281 g/mol. The number of benzene rings is 1. The molecule has 0 aliphatic carbocycles. The molecule has 1 aromatic carbocycles. The van der Waals surface area contributed by atoms with E-state index in [1.54, 1.807) is 6.07 Å². The second-order valence-corrected chi connectivity index (χ2v) is 3.82. The normalized spacial score (nSPS) is 11.8. The van der Waals surface area contributed by atoms with Gasteiger partial charge in [-0.1, -0.05) is 0 Å². The lowest BCUT2D eigenvalue weighted by Crippen LogP contribution is -2.04. The fourth-order valence-corrected chi connectivity index (χ4v) is 1.52. The Kier molecular flexibility index (Phi) is 2.74. The molecule has 2 aromatic heterocycles. The van der Waals surface area contributed by atoms with E-state index >= 15 is 0 Å². The molecule has 2 heterocycles. The summed E-state index contributed by atoms with van der Waals surface area (Å²) in [6, 6.07) is 7.40. The van der Waals surface area contributed by atoms with E-state index in [1.165, 1.54) is 18.2 Å². The number of rotatable bonds is 2. The van der Waals surface area contributed by atoms with Gasteiger partial charge in [0.2, 0.25) is 5.88 Å². The Labute approximate surface area is 109 Å². The standard InChI is InChI=1S/C11H6F3N5O/c12-11(13,14)7-1-3-8(4-2-7)20-10-6-5-9-15-17-18-19(9)16-10/h1-6H. The van der Waals surface area contributed by atoms with E-state index in [4.69, 9.17) is 4.74 Å². The summed E-state index contributed by atoms with van der Waals surface area (Å²) in [5.41, 5.74) is -0.307. The number of fused-ring (bicyclic) bond motifs is 1. The van der Waals surface area contributed by atoms with Crippen LogP contribution in [0.25, 0.3) is 5.65 Å². The smallest absolute Gasteiger partial charge is 0.416 e. The quantitative estimate of drug-likeness (QED) is 0.721. The first kappa shape index (κ1) is 12.3. The zero-order chi connectivity index (χ0) is 14.2. The van der Waals surface area contributed by atoms with Crippen LogP contribution in [0.3, 0.4) is 0 Å². The maximum Gasteiger partial charge on any atom is 0.416 e. The topological polar surface area (TPSA) is 65.2 Å². The Morgan fingerprint density at radius 2 is 1.75 bits per heavy atom. The fourth-order valence-electron chi connectivity index (χ4n) is 1.52. The van der Waals surface area contributed by atoms with Crippen molar-refractivity contribution in [2.24, 2.45) is 0 Å². The van der Waals surface area contributed by atoms with Crippen LogP contribution in [-0.4, -0.2) is 25.3 Å². The maximum atomic E-state index is 12.4. The molecule has 20 heavy (non-hydrogen) atoms. The highest BCUT2D eigenvalue weighted by molar-refractivity contribution is 5.36. The molecule has 0 atom stereocenters. The third-order valence-corrected chi connectivity index (χ3v) is 2.45. The molecular weight excluding hydrogens is 275 g/mol. The summed E-state index contributed by atoms with van der Waals surface area (Å²) in [7, 11) is 0. The molecule has 0 fully saturated rings. The van der Waals surface area contributed by atoms with Crippen LogP contribution in [0.1, 0.15) is 5.56 Å². The Morgan fingerprint density at radius 3 is 2.45 bits per heavy atom. The molecule has 102 valence electrons. The highest BCUT2D eigenvalue weighted by atomic mass is 19.4. The number of ether oxygens (including phenoxy) is 1. The van der Waals surface area contributed by atoms with Crippen LogP contribution in [0.4, 0.5) is 13.2 Å². The summed E-state index contributed by atoms with van der Waals surface area (Å²) in [5, 5.41) is 14.6. The minimum atomic E-state index is -4.37. The average Bonchev–Trinajstić information content (AvgIpc) is 2.86. The van der Waals surface area contributed by atoms with Crippen molar-refractivity contribution in [2.75, 3.05) is 0 Å². The largest absolute Gasteiger partial charge is 0.438 e. The Hall–Kier alpha value is -2.71. The number of hydrogen-bond acceptors (Lipinski definition) is 5. The van der Waals surface area contributed by atoms with E-state index in [2.05, 4.69) is 20.6 Å². The lowest BCUT2D eigenvalue weighted by atomic mass is 10.2. The van der Waals surface area contributed by atoms with Gasteiger partial charge in [0.05, 0.1) is 5.56 Å². The van der Waals surface area contributed by atoms with Crippen molar-refractivity contribution in [3.05, 3.63) is 42.0 Å². The van der Waals surface area contributed by atoms with Crippen LogP contribution in [0.15, 0.2) is 36.4 Å². The number of tetrazole rings is 1. The van der Waals surface area contributed by atoms with Crippen molar-refractivity contribution < 1.29 is 17.9 Å². The molecule has 3 rings (SSSR count). The molecular formula is C11H6F3N5O. The van der Waals surface area contributed by atoms with Gasteiger partial charge in [0, 0.05) is 6.07 Å². The van der Waals surface area contributed by atoms with E-state index in [9.17, 15) is 13.2 Å². The molecule has 3 aromatic rings. The first-order chi connectivity index (χ1) is 9.52. The monoisotopic (exact) mass is 281 g/mol. The van der Waals surface area contributed by atoms with E-state index in [-0.39, 0.29) is 11.6 Å². The highest BCUT2D eigenvalue weighted by Gasteiger charge is 2.30. The van der Waals surface area contributed by atoms with Gasteiger partial charge in [-0.15, -0.1) is 14.8 Å². The fraction of sp³-hybridized carbons (Fsp3) is 0.0909. The molecule has 0 aliphatic heterocycles. The molecule has 0 saturated heterocycles. The van der Waals surface area contributed by atoms with Gasteiger partial charge in [-0.05, 0) is 40.8 Å². The zero-order valence-electron chi connectivity index (χ0n) is 9.74. The SMILES string of the molecule is FC(F)(F)c1ccc(Oc2ccc3nnnn3n2)cc1. The summed E-state index contributed by atoms with van der Waals surface area (Å²) in [6.45, 7) is 0.